The zero-order valence-electron chi connectivity index (χ0n) is 15.5. The van der Waals surface area contributed by atoms with Crippen LogP contribution in [0.3, 0.4) is 0 Å². The van der Waals surface area contributed by atoms with Crippen molar-refractivity contribution in [1.29, 1.82) is 0 Å². The number of aromatic nitrogens is 1. The first-order chi connectivity index (χ1) is 12.8. The second-order valence-electron chi connectivity index (χ2n) is 6.44. The Hall–Kier alpha value is -0.857. The molecule has 5 rings (SSSR count). The summed E-state index contributed by atoms with van der Waals surface area (Å²) in [6.45, 7) is 2.21. The van der Waals surface area contributed by atoms with E-state index in [0.717, 1.165) is 5.69 Å². The van der Waals surface area contributed by atoms with Crippen molar-refractivity contribution in [2.24, 2.45) is 5.92 Å². The summed E-state index contributed by atoms with van der Waals surface area (Å²) in [7, 11) is 0. The van der Waals surface area contributed by atoms with Gasteiger partial charge >= 0.3 is 110 Å². The molecule has 2 unspecified atom stereocenters. The van der Waals surface area contributed by atoms with Crippen LogP contribution in [0.25, 0.3) is 11.6 Å². The van der Waals surface area contributed by atoms with Crippen LogP contribution in [0, 0.1) is 5.92 Å². The predicted molar refractivity (Wildman–Crippen MR) is 108 cm³/mol. The predicted octanol–water partition coefficient (Wildman–Crippen LogP) is 0.329. The summed E-state index contributed by atoms with van der Waals surface area (Å²) in [5, 5.41) is 0. The molecule has 0 radical (unpaired) electrons. The first-order valence-electron chi connectivity index (χ1n) is 8.96. The molecular formula is C23H20Cl2NSZr. The summed E-state index contributed by atoms with van der Waals surface area (Å²) >= 11 is 3.47. The Morgan fingerprint density at radius 3 is 2.54 bits per heavy atom. The second kappa shape index (κ2) is 10.8. The molecule has 5 heteroatoms. The fraction of sp³-hybridized carbons (Fsp3) is 0.174. The van der Waals surface area contributed by atoms with Gasteiger partial charge in [-0.2, -0.15) is 0 Å². The molecule has 3 aliphatic rings. The van der Waals surface area contributed by atoms with Gasteiger partial charge in [0.15, 0.2) is 0 Å². The fourth-order valence-electron chi connectivity index (χ4n) is 3.37. The minimum atomic E-state index is 0. The van der Waals surface area contributed by atoms with Crippen LogP contribution >= 0.6 is 11.8 Å². The average Bonchev–Trinajstić information content (AvgIpc) is 3.37. The van der Waals surface area contributed by atoms with Gasteiger partial charge in [0.25, 0.3) is 0 Å². The summed E-state index contributed by atoms with van der Waals surface area (Å²) in [4.78, 5) is 7.48. The summed E-state index contributed by atoms with van der Waals surface area (Å²) in [5.41, 5.74) is 5.27. The molecule has 0 spiro atoms. The van der Waals surface area contributed by atoms with Gasteiger partial charge < -0.3 is 24.8 Å². The van der Waals surface area contributed by atoms with E-state index in [1.807, 2.05) is 24.0 Å². The van der Waals surface area contributed by atoms with Crippen LogP contribution in [0.15, 0.2) is 82.8 Å². The zero-order chi connectivity index (χ0) is 17.9. The Balaban J connectivity index is 0.000000204. The summed E-state index contributed by atoms with van der Waals surface area (Å²) in [6, 6.07) is 14.7. The van der Waals surface area contributed by atoms with E-state index in [2.05, 4.69) is 78.7 Å². The number of hydrogen-bond acceptors (Lipinski definition) is 2. The number of benzene rings is 1. The number of nitrogens with zero attached hydrogens (tertiary/aromatic N) is 1. The number of hydrogen-bond donors (Lipinski definition) is 0. The molecule has 1 aliphatic heterocycles. The molecule has 2 aliphatic carbocycles. The van der Waals surface area contributed by atoms with E-state index in [1.165, 1.54) is 57.7 Å². The molecule has 0 fully saturated rings. The van der Waals surface area contributed by atoms with Gasteiger partial charge in [-0.3, -0.25) is 0 Å². The zero-order valence-corrected chi connectivity index (χ0v) is 20.3. The van der Waals surface area contributed by atoms with Crippen molar-refractivity contribution in [2.75, 3.05) is 0 Å². The number of thioether (sulfide) groups is 1. The standard InChI is InChI=1S/C14H10N.C9H10S.2ClH.Zr/c1-2-6-12-10-13(9-11(12)5-1)14-7-3-4-8-15-14;1-2-8-6-7-4-3-5-9(7)10-8;;;/h1-10H;3-7H,2H2,1H3;2*1H;/q;;;;+2/p-2. The Kier molecular flexibility index (Phi) is 9.02. The van der Waals surface area contributed by atoms with Crippen molar-refractivity contribution in [3.8, 4) is 0 Å². The molecule has 1 aromatic heterocycles. The van der Waals surface area contributed by atoms with Gasteiger partial charge in [-0.05, 0) is 11.3 Å². The Morgan fingerprint density at radius 2 is 1.86 bits per heavy atom. The first kappa shape index (κ1) is 23.4. The van der Waals surface area contributed by atoms with E-state index in [1.54, 1.807) is 0 Å². The SMILES string of the molecule is CCC1=CC2C=CC=C2S1.[Cl-].[Cl-].[Zr+2][CH]1C(c2ccccn2)=Cc2ccccc21. The summed E-state index contributed by atoms with van der Waals surface area (Å²) < 4.78 is 0.540. The van der Waals surface area contributed by atoms with Crippen LogP contribution in [-0.4, -0.2) is 4.98 Å². The van der Waals surface area contributed by atoms with Crippen molar-refractivity contribution in [3.63, 3.8) is 0 Å². The van der Waals surface area contributed by atoms with Crippen LogP contribution in [-0.2, 0) is 24.7 Å². The van der Waals surface area contributed by atoms with Crippen molar-refractivity contribution in [2.45, 2.75) is 17.0 Å². The molecule has 0 N–H and O–H groups in total. The van der Waals surface area contributed by atoms with Crippen LogP contribution in [0.4, 0.5) is 0 Å². The Bertz CT molecular complexity index is 935. The molecule has 1 nitrogen and oxygen atoms in total. The minimum absolute atomic E-state index is 0. The van der Waals surface area contributed by atoms with Gasteiger partial charge in [0.1, 0.15) is 0 Å². The van der Waals surface area contributed by atoms with E-state index in [9.17, 15) is 0 Å². The van der Waals surface area contributed by atoms with E-state index in [4.69, 9.17) is 0 Å². The first-order valence-corrected chi connectivity index (χ1v) is 11.2. The van der Waals surface area contributed by atoms with Gasteiger partial charge in [0.2, 0.25) is 0 Å². The van der Waals surface area contributed by atoms with Crippen molar-refractivity contribution in [3.05, 3.63) is 99.6 Å². The molecule has 0 bridgehead atoms. The van der Waals surface area contributed by atoms with Crippen LogP contribution in [0.5, 0.6) is 0 Å². The third-order valence-corrected chi connectivity index (χ3v) is 7.62. The third-order valence-electron chi connectivity index (χ3n) is 4.76. The molecule has 2 aromatic rings. The molecule has 28 heavy (non-hydrogen) atoms. The molecule has 0 saturated heterocycles. The Labute approximate surface area is 199 Å². The second-order valence-corrected chi connectivity index (χ2v) is 9.06. The van der Waals surface area contributed by atoms with Gasteiger partial charge in [-0.25, -0.2) is 0 Å². The number of pyridine rings is 1. The molecule has 2 atom stereocenters. The van der Waals surface area contributed by atoms with Crippen molar-refractivity contribution >= 4 is 23.4 Å². The van der Waals surface area contributed by atoms with Gasteiger partial charge in [0, 0.05) is 10.8 Å². The monoisotopic (exact) mass is 502 g/mol. The molecule has 2 heterocycles. The van der Waals surface area contributed by atoms with Crippen LogP contribution < -0.4 is 24.8 Å². The van der Waals surface area contributed by atoms with Crippen LogP contribution in [0.1, 0.15) is 33.8 Å². The average molecular weight is 505 g/mol. The normalized spacial score (nSPS) is 20.5. The molecule has 1 aromatic carbocycles. The van der Waals surface area contributed by atoms with Gasteiger partial charge in [0.05, 0.1) is 0 Å². The topological polar surface area (TPSA) is 12.9 Å². The van der Waals surface area contributed by atoms with Crippen molar-refractivity contribution < 1.29 is 49.5 Å². The maximum absolute atomic E-state index is 4.44. The molecule has 0 saturated carbocycles. The van der Waals surface area contributed by atoms with Crippen molar-refractivity contribution in [1.82, 2.24) is 4.98 Å². The van der Waals surface area contributed by atoms with Crippen LogP contribution in [0.2, 0.25) is 0 Å². The van der Waals surface area contributed by atoms with E-state index in [0.29, 0.717) is 9.54 Å². The van der Waals surface area contributed by atoms with E-state index >= 15 is 0 Å². The quantitative estimate of drug-likeness (QED) is 0.585. The summed E-state index contributed by atoms with van der Waals surface area (Å²) in [6.07, 6.45) is 14.3. The number of allylic oxidation sites excluding steroid dienone is 7. The Morgan fingerprint density at radius 1 is 1.07 bits per heavy atom. The molecular weight excluding hydrogens is 484 g/mol. The molecule has 141 valence electrons. The number of fused-ring (bicyclic) bond motifs is 2. The third kappa shape index (κ3) is 5.00. The summed E-state index contributed by atoms with van der Waals surface area (Å²) in [5.74, 6) is 0.639. The van der Waals surface area contributed by atoms with E-state index < -0.39 is 0 Å². The van der Waals surface area contributed by atoms with Gasteiger partial charge in [-0.1, -0.05) is 43.0 Å². The fourth-order valence-corrected chi connectivity index (χ4v) is 5.68. The van der Waals surface area contributed by atoms with Gasteiger partial charge in [-0.15, -0.1) is 0 Å². The number of halogens is 2. The number of rotatable bonds is 2. The maximum atomic E-state index is 4.44. The van der Waals surface area contributed by atoms with E-state index in [-0.39, 0.29) is 24.8 Å². The molecule has 0 amide bonds.